The van der Waals surface area contributed by atoms with Crippen molar-refractivity contribution in [2.75, 3.05) is 20.3 Å². The van der Waals surface area contributed by atoms with E-state index in [1.807, 2.05) is 24.3 Å². The molecule has 3 aromatic rings. The molecule has 2 heterocycles. The van der Waals surface area contributed by atoms with Crippen molar-refractivity contribution in [3.8, 4) is 5.75 Å². The molecule has 0 aliphatic carbocycles. The van der Waals surface area contributed by atoms with E-state index in [0.717, 1.165) is 37.0 Å². The van der Waals surface area contributed by atoms with E-state index in [1.165, 1.54) is 15.9 Å². The summed E-state index contributed by atoms with van der Waals surface area (Å²) in [5.41, 5.74) is 2.45. The third kappa shape index (κ3) is 7.38. The van der Waals surface area contributed by atoms with Crippen molar-refractivity contribution in [1.29, 1.82) is 0 Å². The van der Waals surface area contributed by atoms with Gasteiger partial charge in [-0.3, -0.25) is 0 Å². The Morgan fingerprint density at radius 3 is 2.14 bits per heavy atom. The lowest BCUT2D eigenvalue weighted by atomic mass is 9.90. The summed E-state index contributed by atoms with van der Waals surface area (Å²) >= 11 is 0. The quantitative estimate of drug-likeness (QED) is 0.166. The van der Waals surface area contributed by atoms with E-state index in [0.29, 0.717) is 19.8 Å². The van der Waals surface area contributed by atoms with Crippen LogP contribution in [-0.2, 0) is 25.2 Å². The summed E-state index contributed by atoms with van der Waals surface area (Å²) in [6.45, 7) is 13.1. The molecule has 1 saturated heterocycles. The lowest BCUT2D eigenvalue weighted by molar-refractivity contribution is -0.285. The summed E-state index contributed by atoms with van der Waals surface area (Å²) in [5, 5.41) is 2.50. The molecule has 0 bridgehead atoms. The number of methoxy groups -OCH3 is 1. The fourth-order valence-corrected chi connectivity index (χ4v) is 11.4. The number of hydrogen-bond donors (Lipinski definition) is 0. The lowest BCUT2D eigenvalue weighted by Gasteiger charge is -2.47. The average molecular weight is 615 g/mol. The first-order chi connectivity index (χ1) is 21.1. The molecule has 4 atom stereocenters. The van der Waals surface area contributed by atoms with Crippen LogP contribution in [0.1, 0.15) is 65.9 Å². The van der Waals surface area contributed by atoms with Crippen molar-refractivity contribution < 1.29 is 23.4 Å². The fourth-order valence-electron chi connectivity index (χ4n) is 6.86. The van der Waals surface area contributed by atoms with Crippen LogP contribution in [0.5, 0.6) is 5.75 Å². The maximum absolute atomic E-state index is 7.26. The van der Waals surface area contributed by atoms with Gasteiger partial charge in [-0.2, -0.15) is 0 Å². The van der Waals surface area contributed by atoms with Crippen molar-refractivity contribution in [2.45, 2.75) is 89.9 Å². The highest BCUT2D eigenvalue weighted by Crippen LogP contribution is 2.41. The SMILES string of the molecule is COc1ccc(COC[C@@H](C)[C@@H]2CC(C)=C[C@]3(CCC[C@@H](CO[Si](c4ccccc4)(c4ccccc4)C(C)(C)C)O3)O2)cc1. The van der Waals surface area contributed by atoms with E-state index in [4.69, 9.17) is 23.4 Å². The van der Waals surface area contributed by atoms with Gasteiger partial charge in [-0.15, -0.1) is 0 Å². The molecule has 1 spiro atoms. The third-order valence-corrected chi connectivity index (χ3v) is 14.1. The highest BCUT2D eigenvalue weighted by Gasteiger charge is 2.51. The van der Waals surface area contributed by atoms with Gasteiger partial charge in [0, 0.05) is 12.3 Å². The predicted octanol–water partition coefficient (Wildman–Crippen LogP) is 7.43. The second-order valence-corrected chi connectivity index (χ2v) is 17.9. The molecule has 1 fully saturated rings. The summed E-state index contributed by atoms with van der Waals surface area (Å²) in [4.78, 5) is 0. The van der Waals surface area contributed by atoms with Gasteiger partial charge in [0.25, 0.3) is 8.32 Å². The zero-order valence-electron chi connectivity index (χ0n) is 27.4. The van der Waals surface area contributed by atoms with Crippen molar-refractivity contribution in [3.63, 3.8) is 0 Å². The molecular weight excluding hydrogens is 564 g/mol. The first-order valence-electron chi connectivity index (χ1n) is 16.1. The first kappa shape index (κ1) is 32.6. The third-order valence-electron chi connectivity index (χ3n) is 9.10. The molecule has 0 N–H and O–H groups in total. The highest BCUT2D eigenvalue weighted by molar-refractivity contribution is 6.99. The smallest absolute Gasteiger partial charge is 0.261 e. The fraction of sp³-hybridized carbons (Fsp3) is 0.474. The van der Waals surface area contributed by atoms with Gasteiger partial charge in [0.15, 0.2) is 5.79 Å². The van der Waals surface area contributed by atoms with E-state index in [2.05, 4.69) is 101 Å². The van der Waals surface area contributed by atoms with E-state index in [-0.39, 0.29) is 23.2 Å². The van der Waals surface area contributed by atoms with E-state index in [1.54, 1.807) is 7.11 Å². The molecule has 2 aliphatic heterocycles. The number of ether oxygens (including phenoxy) is 4. The molecule has 6 heteroatoms. The maximum atomic E-state index is 7.26. The highest BCUT2D eigenvalue weighted by atomic mass is 28.4. The second-order valence-electron chi connectivity index (χ2n) is 13.6. The van der Waals surface area contributed by atoms with Crippen molar-refractivity contribution in [3.05, 3.63) is 102 Å². The summed E-state index contributed by atoms with van der Waals surface area (Å²) in [6, 6.07) is 29.7. The molecule has 5 nitrogen and oxygen atoms in total. The second kappa shape index (κ2) is 14.1. The molecule has 236 valence electrons. The minimum atomic E-state index is -2.65. The Morgan fingerprint density at radius 2 is 1.55 bits per heavy atom. The molecule has 0 saturated carbocycles. The van der Waals surface area contributed by atoms with E-state index < -0.39 is 14.1 Å². The molecular formula is C38H50O5Si. The van der Waals surface area contributed by atoms with Gasteiger partial charge in [0.1, 0.15) is 5.75 Å². The molecule has 3 aromatic carbocycles. The van der Waals surface area contributed by atoms with Gasteiger partial charge < -0.3 is 23.4 Å². The Bertz CT molecular complexity index is 1310. The number of benzene rings is 3. The Hall–Kier alpha value is -2.74. The molecule has 2 aliphatic rings. The lowest BCUT2D eigenvalue weighted by Crippen LogP contribution is -2.67. The summed E-state index contributed by atoms with van der Waals surface area (Å²) in [5.74, 6) is 0.369. The summed E-state index contributed by atoms with van der Waals surface area (Å²) in [6.07, 6.45) is 5.96. The number of hydrogen-bond acceptors (Lipinski definition) is 5. The van der Waals surface area contributed by atoms with Crippen LogP contribution >= 0.6 is 0 Å². The van der Waals surface area contributed by atoms with Crippen LogP contribution in [0.4, 0.5) is 0 Å². The van der Waals surface area contributed by atoms with Crippen LogP contribution < -0.4 is 15.1 Å². The molecule has 0 radical (unpaired) electrons. The van der Waals surface area contributed by atoms with Crippen molar-refractivity contribution in [2.24, 2.45) is 5.92 Å². The van der Waals surface area contributed by atoms with Crippen LogP contribution in [0.25, 0.3) is 0 Å². The van der Waals surface area contributed by atoms with Crippen LogP contribution in [0.3, 0.4) is 0 Å². The molecule has 44 heavy (non-hydrogen) atoms. The zero-order valence-corrected chi connectivity index (χ0v) is 28.4. The monoisotopic (exact) mass is 614 g/mol. The maximum Gasteiger partial charge on any atom is 0.261 e. The van der Waals surface area contributed by atoms with Gasteiger partial charge in [-0.1, -0.05) is 106 Å². The van der Waals surface area contributed by atoms with Gasteiger partial charge >= 0.3 is 0 Å². The van der Waals surface area contributed by atoms with Gasteiger partial charge in [0.05, 0.1) is 39.1 Å². The molecule has 5 rings (SSSR count). The summed E-state index contributed by atoms with van der Waals surface area (Å²) in [7, 11) is -0.965. The molecule has 0 aromatic heterocycles. The normalized spacial score (nSPS) is 23.3. The first-order valence-corrected chi connectivity index (χ1v) is 18.0. The van der Waals surface area contributed by atoms with E-state index >= 15 is 0 Å². The molecule has 0 unspecified atom stereocenters. The topological polar surface area (TPSA) is 46.2 Å². The minimum absolute atomic E-state index is 0.0345. The van der Waals surface area contributed by atoms with Gasteiger partial charge in [-0.05, 0) is 65.4 Å². The largest absolute Gasteiger partial charge is 0.497 e. The van der Waals surface area contributed by atoms with Crippen LogP contribution in [0.15, 0.2) is 96.6 Å². The Kier molecular flexibility index (Phi) is 10.5. The number of rotatable bonds is 11. The van der Waals surface area contributed by atoms with Crippen LogP contribution in [-0.4, -0.2) is 46.6 Å². The minimum Gasteiger partial charge on any atom is -0.497 e. The van der Waals surface area contributed by atoms with Crippen molar-refractivity contribution >= 4 is 18.7 Å². The molecule has 0 amide bonds. The average Bonchev–Trinajstić information content (AvgIpc) is 3.02. The standard InChI is InChI=1S/C38H50O5Si/c1-29-24-36(30(2)26-40-27-31-19-21-32(39-6)22-20-31)43-38(25-29)23-13-14-33(42-38)28-41-44(37(3,4)5,34-15-9-7-10-16-34)35-17-11-8-12-18-35/h7-12,15-22,25,30,33,36H,13-14,23-24,26-28H2,1-6H3/t30-,33+,36+,38+/m1/s1. The Morgan fingerprint density at radius 1 is 0.909 bits per heavy atom. The van der Waals surface area contributed by atoms with Gasteiger partial charge in [-0.25, -0.2) is 0 Å². The Labute approximate surface area is 265 Å². The summed E-state index contributed by atoms with van der Waals surface area (Å²) < 4.78 is 32.4. The zero-order chi connectivity index (χ0) is 31.2. The van der Waals surface area contributed by atoms with E-state index in [9.17, 15) is 0 Å². The van der Waals surface area contributed by atoms with Crippen molar-refractivity contribution in [1.82, 2.24) is 0 Å². The van der Waals surface area contributed by atoms with Crippen LogP contribution in [0.2, 0.25) is 5.04 Å². The van der Waals surface area contributed by atoms with Gasteiger partial charge in [0.2, 0.25) is 0 Å². The van der Waals surface area contributed by atoms with Crippen LogP contribution in [0, 0.1) is 5.92 Å². The predicted molar refractivity (Wildman–Crippen MR) is 180 cm³/mol. The Balaban J connectivity index is 1.27.